The number of carbonyl (C=O) groups is 2. The van der Waals surface area contributed by atoms with Crippen molar-refractivity contribution >= 4 is 11.8 Å². The van der Waals surface area contributed by atoms with Crippen molar-refractivity contribution in [1.29, 1.82) is 0 Å². The Morgan fingerprint density at radius 1 is 1.07 bits per heavy atom. The summed E-state index contributed by atoms with van der Waals surface area (Å²) in [4.78, 5) is 27.4. The molecule has 3 atom stereocenters. The molecule has 2 amide bonds. The Kier molecular flexibility index (Phi) is 6.33. The zero-order valence-electron chi connectivity index (χ0n) is 17.0. The third-order valence-corrected chi connectivity index (χ3v) is 5.81. The first kappa shape index (κ1) is 21.0. The number of hydrogen-bond acceptors (Lipinski definition) is 3. The Balaban J connectivity index is 1.90. The summed E-state index contributed by atoms with van der Waals surface area (Å²) < 4.78 is 14.1. The maximum Gasteiger partial charge on any atom is 0.220 e. The Morgan fingerprint density at radius 3 is 2.24 bits per heavy atom. The molecule has 154 valence electrons. The van der Waals surface area contributed by atoms with E-state index in [0.29, 0.717) is 18.7 Å². The van der Waals surface area contributed by atoms with Crippen molar-refractivity contribution in [2.24, 2.45) is 0 Å². The van der Waals surface area contributed by atoms with Crippen molar-refractivity contribution in [3.05, 3.63) is 59.9 Å². The lowest BCUT2D eigenvalue weighted by Crippen LogP contribution is -2.68. The fourth-order valence-electron chi connectivity index (χ4n) is 4.35. The Hall–Kier alpha value is -2.73. The highest BCUT2D eigenvalue weighted by Gasteiger charge is 2.50. The van der Waals surface area contributed by atoms with E-state index in [1.54, 1.807) is 28.0 Å². The molecule has 1 fully saturated rings. The topological polar surface area (TPSA) is 60.9 Å². The first-order valence-corrected chi connectivity index (χ1v) is 9.89. The van der Waals surface area contributed by atoms with Gasteiger partial charge in [-0.25, -0.2) is 4.39 Å². The summed E-state index contributed by atoms with van der Waals surface area (Å²) in [5.74, 6) is -0.533. The summed E-state index contributed by atoms with van der Waals surface area (Å²) in [7, 11) is 0. The number of nitrogens with zero attached hydrogens (tertiary/aromatic N) is 2. The van der Waals surface area contributed by atoms with Gasteiger partial charge in [0.25, 0.3) is 0 Å². The summed E-state index contributed by atoms with van der Waals surface area (Å²) in [5.41, 5.74) is 2.26. The van der Waals surface area contributed by atoms with Gasteiger partial charge in [0.05, 0.1) is 18.7 Å². The summed E-state index contributed by atoms with van der Waals surface area (Å²) >= 11 is 0. The van der Waals surface area contributed by atoms with Gasteiger partial charge in [-0.3, -0.25) is 9.59 Å². The van der Waals surface area contributed by atoms with Gasteiger partial charge in [-0.2, -0.15) is 0 Å². The quantitative estimate of drug-likeness (QED) is 0.814. The number of benzene rings is 2. The molecule has 6 heteroatoms. The molecule has 0 spiro atoms. The molecule has 0 aromatic heterocycles. The van der Waals surface area contributed by atoms with Crippen molar-refractivity contribution in [1.82, 2.24) is 9.80 Å². The molecule has 0 saturated carbocycles. The number of rotatable bonds is 6. The van der Waals surface area contributed by atoms with Crippen LogP contribution < -0.4 is 0 Å². The van der Waals surface area contributed by atoms with Crippen LogP contribution in [0.2, 0.25) is 0 Å². The van der Waals surface area contributed by atoms with Gasteiger partial charge >= 0.3 is 0 Å². The lowest BCUT2D eigenvalue weighted by atomic mass is 9.74. The van der Waals surface area contributed by atoms with Crippen LogP contribution in [0.5, 0.6) is 0 Å². The van der Waals surface area contributed by atoms with E-state index in [4.69, 9.17) is 0 Å². The number of amides is 2. The Bertz CT molecular complexity index is 884. The molecule has 2 aromatic rings. The second kappa shape index (κ2) is 8.74. The van der Waals surface area contributed by atoms with Crippen LogP contribution in [0.1, 0.15) is 32.3 Å². The highest BCUT2D eigenvalue weighted by atomic mass is 19.1. The van der Waals surface area contributed by atoms with E-state index < -0.39 is 0 Å². The molecule has 0 aliphatic carbocycles. The van der Waals surface area contributed by atoms with E-state index in [1.807, 2.05) is 31.2 Å². The molecule has 1 heterocycles. The van der Waals surface area contributed by atoms with Gasteiger partial charge in [0.1, 0.15) is 5.82 Å². The van der Waals surface area contributed by atoms with Crippen LogP contribution in [0.4, 0.5) is 4.39 Å². The van der Waals surface area contributed by atoms with Gasteiger partial charge in [-0.05, 0) is 24.1 Å². The van der Waals surface area contributed by atoms with Gasteiger partial charge < -0.3 is 14.9 Å². The molecular formula is C23H27FN2O3. The van der Waals surface area contributed by atoms with Gasteiger partial charge in [0.2, 0.25) is 11.8 Å². The molecular weight excluding hydrogens is 371 g/mol. The summed E-state index contributed by atoms with van der Waals surface area (Å²) in [6.45, 7) is 5.73. The van der Waals surface area contributed by atoms with Crippen LogP contribution in [-0.2, 0) is 9.59 Å². The van der Waals surface area contributed by atoms with Gasteiger partial charge in [-0.1, -0.05) is 42.5 Å². The molecule has 0 radical (unpaired) electrons. The smallest absolute Gasteiger partial charge is 0.220 e. The number of hydrogen-bond donors (Lipinski definition) is 1. The van der Waals surface area contributed by atoms with Crippen LogP contribution in [-0.4, -0.2) is 58.5 Å². The zero-order valence-corrected chi connectivity index (χ0v) is 17.0. The van der Waals surface area contributed by atoms with Crippen molar-refractivity contribution in [3.63, 3.8) is 0 Å². The maximum atomic E-state index is 14.1. The number of carbonyl (C=O) groups excluding carboxylic acids is 2. The SMILES string of the molecule is CCN(C[C@H]1[C@@H](c2ccc(-c3ccccc3F)cc2)[C@@H](CO)N1C(C)=O)C(C)=O. The van der Waals surface area contributed by atoms with Gasteiger partial charge in [-0.15, -0.1) is 0 Å². The van der Waals surface area contributed by atoms with E-state index in [-0.39, 0.29) is 42.2 Å². The predicted molar refractivity (Wildman–Crippen MR) is 110 cm³/mol. The fourth-order valence-corrected chi connectivity index (χ4v) is 4.35. The number of aliphatic hydroxyl groups is 1. The molecule has 29 heavy (non-hydrogen) atoms. The highest BCUT2D eigenvalue weighted by Crippen LogP contribution is 2.41. The number of likely N-dealkylation sites (N-methyl/N-ethyl adjacent to an activating group) is 1. The minimum absolute atomic E-state index is 0.0444. The van der Waals surface area contributed by atoms with E-state index in [2.05, 4.69) is 0 Å². The van der Waals surface area contributed by atoms with Crippen LogP contribution in [0, 0.1) is 5.82 Å². The fraction of sp³-hybridized carbons (Fsp3) is 0.391. The van der Waals surface area contributed by atoms with Gasteiger partial charge in [0.15, 0.2) is 0 Å². The first-order chi connectivity index (χ1) is 13.9. The predicted octanol–water partition coefficient (Wildman–Crippen LogP) is 3.04. The third-order valence-electron chi connectivity index (χ3n) is 5.81. The summed E-state index contributed by atoms with van der Waals surface area (Å²) in [5, 5.41) is 9.90. The number of halogens is 1. The van der Waals surface area contributed by atoms with Crippen LogP contribution in [0.3, 0.4) is 0 Å². The normalized spacial score (nSPS) is 20.9. The molecule has 1 aliphatic heterocycles. The van der Waals surface area contributed by atoms with Crippen molar-refractivity contribution in [2.45, 2.75) is 38.8 Å². The highest BCUT2D eigenvalue weighted by molar-refractivity contribution is 5.77. The molecule has 2 aromatic carbocycles. The largest absolute Gasteiger partial charge is 0.394 e. The average molecular weight is 398 g/mol. The van der Waals surface area contributed by atoms with E-state index in [1.165, 1.54) is 19.9 Å². The maximum absolute atomic E-state index is 14.1. The molecule has 0 bridgehead atoms. The Morgan fingerprint density at radius 2 is 1.72 bits per heavy atom. The van der Waals surface area contributed by atoms with Crippen LogP contribution in [0.25, 0.3) is 11.1 Å². The molecule has 0 unspecified atom stereocenters. The van der Waals surface area contributed by atoms with Crippen molar-refractivity contribution in [3.8, 4) is 11.1 Å². The zero-order chi connectivity index (χ0) is 21.1. The number of aliphatic hydroxyl groups excluding tert-OH is 1. The van der Waals surface area contributed by atoms with Crippen LogP contribution >= 0.6 is 0 Å². The summed E-state index contributed by atoms with van der Waals surface area (Å²) in [6, 6.07) is 13.6. The van der Waals surface area contributed by atoms with Crippen molar-refractivity contribution in [2.75, 3.05) is 19.7 Å². The third kappa shape index (κ3) is 4.03. The first-order valence-electron chi connectivity index (χ1n) is 9.89. The molecule has 1 aliphatic rings. The van der Waals surface area contributed by atoms with E-state index >= 15 is 0 Å². The van der Waals surface area contributed by atoms with E-state index in [9.17, 15) is 19.1 Å². The lowest BCUT2D eigenvalue weighted by Gasteiger charge is -2.55. The van der Waals surface area contributed by atoms with Crippen LogP contribution in [0.15, 0.2) is 48.5 Å². The summed E-state index contributed by atoms with van der Waals surface area (Å²) in [6.07, 6.45) is 0. The van der Waals surface area contributed by atoms with Crippen molar-refractivity contribution < 1.29 is 19.1 Å². The standard InChI is InChI=1S/C23H27FN2O3/c1-4-25(15(2)28)13-21-23(22(14-27)26(21)16(3)29)18-11-9-17(10-12-18)19-7-5-6-8-20(19)24/h5-12,21-23,27H,4,13-14H2,1-3H3/t21-,22+,23+/m0/s1. The lowest BCUT2D eigenvalue weighted by molar-refractivity contribution is -0.152. The second-order valence-corrected chi connectivity index (χ2v) is 7.43. The number of likely N-dealkylation sites (tertiary alicyclic amines) is 1. The molecule has 1 N–H and O–H groups in total. The second-order valence-electron chi connectivity index (χ2n) is 7.43. The molecule has 3 rings (SSSR count). The molecule has 5 nitrogen and oxygen atoms in total. The minimum atomic E-state index is -0.331. The monoisotopic (exact) mass is 398 g/mol. The molecule has 1 saturated heterocycles. The minimum Gasteiger partial charge on any atom is -0.394 e. The van der Waals surface area contributed by atoms with E-state index in [0.717, 1.165) is 11.1 Å². The average Bonchev–Trinajstić information content (AvgIpc) is 2.68. The Labute approximate surface area is 170 Å². The van der Waals surface area contributed by atoms with Gasteiger partial charge in [0, 0.05) is 38.4 Å².